The number of aromatic nitrogens is 1. The number of nitrogens with zero attached hydrogens (tertiary/aromatic N) is 1. The van der Waals surface area contributed by atoms with E-state index >= 15 is 0 Å². The molecule has 7 nitrogen and oxygen atoms in total. The topological polar surface area (TPSA) is 98.9 Å². The highest BCUT2D eigenvalue weighted by Crippen LogP contribution is 2.32. The van der Waals surface area contributed by atoms with Crippen molar-refractivity contribution < 1.29 is 28.7 Å². The molecule has 0 bridgehead atoms. The van der Waals surface area contributed by atoms with Gasteiger partial charge in [0.1, 0.15) is 11.9 Å². The van der Waals surface area contributed by atoms with Gasteiger partial charge >= 0.3 is 11.9 Å². The molecule has 2 aromatic carbocycles. The van der Waals surface area contributed by atoms with Gasteiger partial charge in [-0.25, -0.2) is 0 Å². The molecule has 1 aliphatic rings. The first-order chi connectivity index (χ1) is 15.9. The van der Waals surface area contributed by atoms with Crippen LogP contribution in [0.15, 0.2) is 59.1 Å². The molecule has 0 saturated heterocycles. The molecule has 7 heteroatoms. The maximum Gasteiger partial charge on any atom is 0.311 e. The minimum atomic E-state index is -0.763. The van der Waals surface area contributed by atoms with Crippen LogP contribution in [0.1, 0.15) is 49.1 Å². The van der Waals surface area contributed by atoms with Crippen molar-refractivity contribution in [2.45, 2.75) is 51.7 Å². The number of esters is 1. The van der Waals surface area contributed by atoms with Crippen LogP contribution in [0.4, 0.5) is 0 Å². The van der Waals surface area contributed by atoms with Crippen molar-refractivity contribution in [3.63, 3.8) is 0 Å². The summed E-state index contributed by atoms with van der Waals surface area (Å²) in [5.74, 6) is -0.258. The van der Waals surface area contributed by atoms with Gasteiger partial charge in [-0.3, -0.25) is 9.59 Å². The summed E-state index contributed by atoms with van der Waals surface area (Å²) >= 11 is 0. The highest BCUT2D eigenvalue weighted by Gasteiger charge is 2.31. The summed E-state index contributed by atoms with van der Waals surface area (Å²) < 4.78 is 17.1. The number of hydrogen-bond acceptors (Lipinski definition) is 6. The number of carboxylic acids is 1. The first-order valence-corrected chi connectivity index (χ1v) is 11.1. The van der Waals surface area contributed by atoms with Crippen LogP contribution in [0.2, 0.25) is 0 Å². The second kappa shape index (κ2) is 9.90. The highest BCUT2D eigenvalue weighted by atomic mass is 16.5. The molecule has 4 rings (SSSR count). The summed E-state index contributed by atoms with van der Waals surface area (Å²) in [6.07, 6.45) is 1.49. The molecule has 1 heterocycles. The van der Waals surface area contributed by atoms with E-state index in [9.17, 15) is 9.59 Å². The smallest absolute Gasteiger partial charge is 0.311 e. The minimum Gasteiger partial charge on any atom is -0.490 e. The Morgan fingerprint density at radius 3 is 2.52 bits per heavy atom. The van der Waals surface area contributed by atoms with Crippen LogP contribution in [-0.2, 0) is 20.7 Å². The molecule has 172 valence electrons. The third-order valence-electron chi connectivity index (χ3n) is 6.04. The van der Waals surface area contributed by atoms with Crippen molar-refractivity contribution in [3.05, 3.63) is 71.4 Å². The first kappa shape index (κ1) is 22.6. The van der Waals surface area contributed by atoms with Gasteiger partial charge < -0.3 is 19.1 Å². The highest BCUT2D eigenvalue weighted by molar-refractivity contribution is 5.77. The molecule has 0 aliphatic heterocycles. The van der Waals surface area contributed by atoms with Crippen molar-refractivity contribution in [1.82, 2.24) is 5.16 Å². The number of ether oxygens (including phenoxy) is 2. The molecule has 33 heavy (non-hydrogen) atoms. The Morgan fingerprint density at radius 2 is 1.85 bits per heavy atom. The van der Waals surface area contributed by atoms with Crippen LogP contribution < -0.4 is 4.74 Å². The maximum atomic E-state index is 12.6. The standard InChI is InChI=1S/C26H27NO6/c1-16-23(15-24(28)31-17(2)18-6-4-3-5-7-18)25(33-27-16)19-8-11-21(12-9-19)32-22-13-10-20(14-22)26(29)30/h3-9,11-12,17,20,22H,10,13-15H2,1-2H3,(H,29,30)/t17-,20-,22+/m1/s1. The molecule has 0 unspecified atom stereocenters. The number of benzene rings is 2. The SMILES string of the molecule is Cc1noc(-c2ccc(O[C@H]3CC[C@@H](C(=O)O)C3)cc2)c1CC(=O)O[C@H](C)c1ccccc1. The third kappa shape index (κ3) is 5.42. The maximum absolute atomic E-state index is 12.6. The zero-order valence-electron chi connectivity index (χ0n) is 18.7. The van der Waals surface area contributed by atoms with E-state index in [4.69, 9.17) is 19.1 Å². The van der Waals surface area contributed by atoms with Crippen LogP contribution in [0.5, 0.6) is 5.75 Å². The van der Waals surface area contributed by atoms with Crippen molar-refractivity contribution in [2.24, 2.45) is 5.92 Å². The summed E-state index contributed by atoms with van der Waals surface area (Å²) in [5, 5.41) is 13.2. The van der Waals surface area contributed by atoms with Gasteiger partial charge in [-0.05, 0) is 62.9 Å². The number of carbonyl (C=O) groups is 2. The van der Waals surface area contributed by atoms with E-state index in [1.165, 1.54) is 0 Å². The predicted octanol–water partition coefficient (Wildman–Crippen LogP) is 5.13. The van der Waals surface area contributed by atoms with Gasteiger partial charge in [-0.15, -0.1) is 0 Å². The molecule has 3 atom stereocenters. The Hall–Kier alpha value is -3.61. The second-order valence-corrected chi connectivity index (χ2v) is 8.41. The van der Waals surface area contributed by atoms with Crippen LogP contribution >= 0.6 is 0 Å². The molecule has 0 radical (unpaired) electrons. The van der Waals surface area contributed by atoms with E-state index in [0.717, 1.165) is 17.5 Å². The van der Waals surface area contributed by atoms with E-state index in [1.807, 2.05) is 61.5 Å². The zero-order valence-corrected chi connectivity index (χ0v) is 18.7. The van der Waals surface area contributed by atoms with E-state index in [2.05, 4.69) is 5.16 Å². The number of rotatable bonds is 8. The average molecular weight is 450 g/mol. The van der Waals surface area contributed by atoms with E-state index in [1.54, 1.807) is 6.92 Å². The van der Waals surface area contributed by atoms with Crippen molar-refractivity contribution in [2.75, 3.05) is 0 Å². The van der Waals surface area contributed by atoms with E-state index in [-0.39, 0.29) is 30.5 Å². The lowest BCUT2D eigenvalue weighted by Crippen LogP contribution is -2.15. The molecule has 1 N–H and O–H groups in total. The number of hydrogen-bond donors (Lipinski definition) is 1. The van der Waals surface area contributed by atoms with Crippen LogP contribution in [0, 0.1) is 12.8 Å². The normalized spacial score (nSPS) is 18.6. The average Bonchev–Trinajstić information content (AvgIpc) is 3.42. The predicted molar refractivity (Wildman–Crippen MR) is 121 cm³/mol. The zero-order chi connectivity index (χ0) is 23.4. The fraction of sp³-hybridized carbons (Fsp3) is 0.346. The number of carbonyl (C=O) groups excluding carboxylic acids is 1. The summed E-state index contributed by atoms with van der Waals surface area (Å²) in [4.78, 5) is 23.7. The summed E-state index contributed by atoms with van der Waals surface area (Å²) in [6, 6.07) is 16.9. The molecular formula is C26H27NO6. The molecule has 1 saturated carbocycles. The first-order valence-electron chi connectivity index (χ1n) is 11.1. The lowest BCUT2D eigenvalue weighted by Gasteiger charge is -2.14. The van der Waals surface area contributed by atoms with Gasteiger partial charge in [-0.2, -0.15) is 0 Å². The lowest BCUT2D eigenvalue weighted by molar-refractivity contribution is -0.147. The van der Waals surface area contributed by atoms with Gasteiger partial charge in [0.25, 0.3) is 0 Å². The Balaban J connectivity index is 1.41. The molecule has 1 fully saturated rings. The van der Waals surface area contributed by atoms with Gasteiger partial charge in [0.15, 0.2) is 5.76 Å². The Labute approximate surface area is 192 Å². The molecule has 0 spiro atoms. The van der Waals surface area contributed by atoms with Crippen molar-refractivity contribution in [3.8, 4) is 17.1 Å². The molecule has 1 aliphatic carbocycles. The van der Waals surface area contributed by atoms with Gasteiger partial charge in [-0.1, -0.05) is 35.5 Å². The molecular weight excluding hydrogens is 422 g/mol. The largest absolute Gasteiger partial charge is 0.490 e. The quantitative estimate of drug-likeness (QED) is 0.476. The van der Waals surface area contributed by atoms with E-state index in [0.29, 0.717) is 35.6 Å². The summed E-state index contributed by atoms with van der Waals surface area (Å²) in [5.41, 5.74) is 3.03. The molecule has 1 aromatic heterocycles. The summed E-state index contributed by atoms with van der Waals surface area (Å²) in [6.45, 7) is 3.64. The summed E-state index contributed by atoms with van der Waals surface area (Å²) in [7, 11) is 0. The number of aliphatic carboxylic acids is 1. The fourth-order valence-corrected chi connectivity index (χ4v) is 4.15. The number of aryl methyl sites for hydroxylation is 1. The lowest BCUT2D eigenvalue weighted by atomic mass is 10.0. The van der Waals surface area contributed by atoms with E-state index < -0.39 is 5.97 Å². The fourth-order valence-electron chi connectivity index (χ4n) is 4.15. The minimum absolute atomic E-state index is 0.0543. The van der Waals surface area contributed by atoms with Crippen LogP contribution in [-0.4, -0.2) is 28.3 Å². The Bertz CT molecular complexity index is 1110. The third-order valence-corrected chi connectivity index (χ3v) is 6.04. The molecule has 3 aromatic rings. The van der Waals surface area contributed by atoms with Gasteiger partial charge in [0.05, 0.1) is 24.1 Å². The Kier molecular flexibility index (Phi) is 6.77. The van der Waals surface area contributed by atoms with Crippen molar-refractivity contribution >= 4 is 11.9 Å². The van der Waals surface area contributed by atoms with Gasteiger partial charge in [0, 0.05) is 11.1 Å². The van der Waals surface area contributed by atoms with Crippen LogP contribution in [0.3, 0.4) is 0 Å². The monoisotopic (exact) mass is 449 g/mol. The van der Waals surface area contributed by atoms with Crippen molar-refractivity contribution in [1.29, 1.82) is 0 Å². The molecule has 0 amide bonds. The van der Waals surface area contributed by atoms with Gasteiger partial charge in [0.2, 0.25) is 0 Å². The second-order valence-electron chi connectivity index (χ2n) is 8.41. The Morgan fingerprint density at radius 1 is 1.12 bits per heavy atom. The number of carboxylic acid groups (broad SMARTS) is 1. The van der Waals surface area contributed by atoms with Crippen LogP contribution in [0.25, 0.3) is 11.3 Å².